The highest BCUT2D eigenvalue weighted by Crippen LogP contribution is 2.65. The highest BCUT2D eigenvalue weighted by atomic mass is 35.5. The lowest BCUT2D eigenvalue weighted by atomic mass is 9.66. The van der Waals surface area contributed by atoms with Gasteiger partial charge in [0, 0.05) is 34.2 Å². The van der Waals surface area contributed by atoms with Gasteiger partial charge in [-0.3, -0.25) is 9.69 Å². The fourth-order valence-electron chi connectivity index (χ4n) is 5.98. The lowest BCUT2D eigenvalue weighted by Gasteiger charge is -2.43. The molecule has 0 spiro atoms. The van der Waals surface area contributed by atoms with Crippen molar-refractivity contribution in [2.45, 2.75) is 18.0 Å². The standard InChI is InChI=1S/C25H22ClNO3S/c1-29-24(28)25-13-30-20-11-8-15-4-2-3-5-18(15)21(20)23(25)27-14-31-12-19(27)22(25)16-6-9-17(26)10-7-16/h2-11,19,22-23H,12-14H2,1H3/t19-,22-,23-,25-/m1/s1. The fraction of sp³-hybridized carbons (Fsp3) is 0.320. The number of thioether (sulfide) groups is 1. The monoisotopic (exact) mass is 451 g/mol. The topological polar surface area (TPSA) is 38.8 Å². The molecule has 3 aromatic carbocycles. The Balaban J connectivity index is 1.64. The predicted octanol–water partition coefficient (Wildman–Crippen LogP) is 5.26. The minimum atomic E-state index is -0.814. The summed E-state index contributed by atoms with van der Waals surface area (Å²) in [4.78, 5) is 16.1. The summed E-state index contributed by atoms with van der Waals surface area (Å²) >= 11 is 8.12. The molecule has 0 amide bonds. The van der Waals surface area contributed by atoms with Gasteiger partial charge in [0.05, 0.1) is 13.2 Å². The van der Waals surface area contributed by atoms with Crippen molar-refractivity contribution in [3.63, 3.8) is 0 Å². The van der Waals surface area contributed by atoms with E-state index in [1.54, 1.807) is 0 Å². The van der Waals surface area contributed by atoms with Gasteiger partial charge in [-0.15, -0.1) is 11.8 Å². The average Bonchev–Trinajstić information content (AvgIpc) is 3.38. The van der Waals surface area contributed by atoms with Crippen LogP contribution in [-0.2, 0) is 9.53 Å². The smallest absolute Gasteiger partial charge is 0.317 e. The molecular formula is C25H22ClNO3S. The second-order valence-electron chi connectivity index (χ2n) is 8.53. The van der Waals surface area contributed by atoms with Crippen molar-refractivity contribution < 1.29 is 14.3 Å². The quantitative estimate of drug-likeness (QED) is 0.497. The van der Waals surface area contributed by atoms with Crippen LogP contribution in [0, 0.1) is 5.41 Å². The van der Waals surface area contributed by atoms with Crippen LogP contribution in [0.5, 0.6) is 5.75 Å². The third-order valence-corrected chi connectivity index (χ3v) is 8.49. The summed E-state index contributed by atoms with van der Waals surface area (Å²) < 4.78 is 11.8. The Morgan fingerprint density at radius 1 is 1.16 bits per heavy atom. The van der Waals surface area contributed by atoms with Crippen LogP contribution in [-0.4, -0.2) is 42.3 Å². The maximum atomic E-state index is 13.6. The van der Waals surface area contributed by atoms with Gasteiger partial charge in [-0.1, -0.05) is 54.1 Å². The fourth-order valence-corrected chi connectivity index (χ4v) is 7.39. The number of halogens is 1. The summed E-state index contributed by atoms with van der Waals surface area (Å²) in [7, 11) is 1.49. The molecule has 0 N–H and O–H groups in total. The largest absolute Gasteiger partial charge is 0.492 e. The number of methoxy groups -OCH3 is 1. The summed E-state index contributed by atoms with van der Waals surface area (Å²) in [5.41, 5.74) is 1.41. The minimum Gasteiger partial charge on any atom is -0.492 e. The number of carbonyl (C=O) groups excluding carboxylic acids is 1. The van der Waals surface area contributed by atoms with Gasteiger partial charge in [0.15, 0.2) is 0 Å². The van der Waals surface area contributed by atoms with Crippen molar-refractivity contribution in [2.75, 3.05) is 25.3 Å². The van der Waals surface area contributed by atoms with Gasteiger partial charge in [-0.25, -0.2) is 0 Å². The molecule has 0 unspecified atom stereocenters. The molecule has 0 bridgehead atoms. The Bertz CT molecular complexity index is 1180. The highest BCUT2D eigenvalue weighted by molar-refractivity contribution is 7.99. The van der Waals surface area contributed by atoms with Crippen LogP contribution >= 0.6 is 23.4 Å². The normalized spacial score (nSPS) is 29.2. The van der Waals surface area contributed by atoms with Gasteiger partial charge < -0.3 is 9.47 Å². The van der Waals surface area contributed by atoms with Gasteiger partial charge in [0.1, 0.15) is 17.8 Å². The van der Waals surface area contributed by atoms with E-state index in [-0.39, 0.29) is 24.0 Å². The lowest BCUT2D eigenvalue weighted by Crippen LogP contribution is -2.49. The number of rotatable bonds is 2. The van der Waals surface area contributed by atoms with Crippen molar-refractivity contribution >= 4 is 40.1 Å². The van der Waals surface area contributed by atoms with Gasteiger partial charge in [0.25, 0.3) is 0 Å². The van der Waals surface area contributed by atoms with E-state index in [4.69, 9.17) is 21.1 Å². The van der Waals surface area contributed by atoms with Crippen LogP contribution in [0.3, 0.4) is 0 Å². The molecule has 0 aromatic heterocycles. The van der Waals surface area contributed by atoms with Crippen LogP contribution < -0.4 is 4.74 Å². The van der Waals surface area contributed by atoms with E-state index in [0.29, 0.717) is 11.6 Å². The molecule has 2 fully saturated rings. The summed E-state index contributed by atoms with van der Waals surface area (Å²) in [6.07, 6.45) is 0. The first kappa shape index (κ1) is 19.5. The Labute approximate surface area is 190 Å². The molecular weight excluding hydrogens is 430 g/mol. The average molecular weight is 452 g/mol. The minimum absolute atomic E-state index is 0.0377. The maximum Gasteiger partial charge on any atom is 0.317 e. The van der Waals surface area contributed by atoms with Crippen LogP contribution in [0.4, 0.5) is 0 Å². The van der Waals surface area contributed by atoms with E-state index in [1.165, 1.54) is 7.11 Å². The molecule has 6 heteroatoms. The summed E-state index contributed by atoms with van der Waals surface area (Å²) in [5.74, 6) is 2.50. The molecule has 4 nitrogen and oxygen atoms in total. The molecule has 3 aliphatic rings. The maximum absolute atomic E-state index is 13.6. The van der Waals surface area contributed by atoms with E-state index in [1.807, 2.05) is 36.0 Å². The number of hydrogen-bond donors (Lipinski definition) is 0. The van der Waals surface area contributed by atoms with Gasteiger partial charge in [-0.2, -0.15) is 0 Å². The van der Waals surface area contributed by atoms with Crippen molar-refractivity contribution in [3.8, 4) is 5.75 Å². The van der Waals surface area contributed by atoms with E-state index >= 15 is 0 Å². The molecule has 3 aromatic rings. The molecule has 4 atom stereocenters. The van der Waals surface area contributed by atoms with Crippen LogP contribution in [0.1, 0.15) is 23.1 Å². The molecule has 31 heavy (non-hydrogen) atoms. The number of ether oxygens (including phenoxy) is 2. The predicted molar refractivity (Wildman–Crippen MR) is 124 cm³/mol. The third-order valence-electron chi connectivity index (χ3n) is 7.18. The van der Waals surface area contributed by atoms with Crippen LogP contribution in [0.2, 0.25) is 5.02 Å². The molecule has 6 rings (SSSR count). The van der Waals surface area contributed by atoms with E-state index in [9.17, 15) is 4.79 Å². The van der Waals surface area contributed by atoms with Crippen molar-refractivity contribution in [1.82, 2.24) is 4.90 Å². The molecule has 3 aliphatic heterocycles. The van der Waals surface area contributed by atoms with Crippen LogP contribution in [0.25, 0.3) is 10.8 Å². The summed E-state index contributed by atoms with van der Waals surface area (Å²) in [6.45, 7) is 0.306. The number of esters is 1. The Morgan fingerprint density at radius 3 is 2.77 bits per heavy atom. The van der Waals surface area contributed by atoms with Gasteiger partial charge in [0.2, 0.25) is 0 Å². The second-order valence-corrected chi connectivity index (χ2v) is 9.97. The van der Waals surface area contributed by atoms with Crippen LogP contribution in [0.15, 0.2) is 60.7 Å². The number of nitrogens with zero attached hydrogens (tertiary/aromatic N) is 1. The zero-order chi connectivity index (χ0) is 21.2. The molecule has 158 valence electrons. The highest BCUT2D eigenvalue weighted by Gasteiger charge is 2.68. The third kappa shape index (κ3) is 2.63. The molecule has 3 heterocycles. The van der Waals surface area contributed by atoms with Crippen molar-refractivity contribution in [2.24, 2.45) is 5.41 Å². The van der Waals surface area contributed by atoms with Gasteiger partial charge >= 0.3 is 5.97 Å². The first-order valence-corrected chi connectivity index (χ1v) is 12.0. The first-order chi connectivity index (χ1) is 15.1. The van der Waals surface area contributed by atoms with Crippen molar-refractivity contribution in [3.05, 3.63) is 76.8 Å². The van der Waals surface area contributed by atoms with E-state index in [2.05, 4.69) is 41.3 Å². The van der Waals surface area contributed by atoms with E-state index in [0.717, 1.165) is 39.3 Å². The Kier molecular flexibility index (Phi) is 4.50. The lowest BCUT2D eigenvalue weighted by molar-refractivity contribution is -0.159. The molecule has 2 saturated heterocycles. The number of carbonyl (C=O) groups is 1. The SMILES string of the molecule is COC(=O)[C@@]12COc3ccc4ccccc4c3[C@H]1N1CSC[C@@H]1[C@H]2c1ccc(Cl)cc1. The molecule has 0 aliphatic carbocycles. The summed E-state index contributed by atoms with van der Waals surface area (Å²) in [5, 5.41) is 2.99. The second kappa shape index (κ2) is 7.16. The van der Waals surface area contributed by atoms with E-state index < -0.39 is 5.41 Å². The van der Waals surface area contributed by atoms with Crippen molar-refractivity contribution in [1.29, 1.82) is 0 Å². The Hall–Kier alpha value is -2.21. The number of hydrogen-bond acceptors (Lipinski definition) is 5. The first-order valence-electron chi connectivity index (χ1n) is 10.5. The van der Waals surface area contributed by atoms with Gasteiger partial charge in [-0.05, 0) is 34.5 Å². The Morgan fingerprint density at radius 2 is 1.97 bits per heavy atom. The molecule has 0 saturated carbocycles. The zero-order valence-corrected chi connectivity index (χ0v) is 18.7. The number of benzene rings is 3. The zero-order valence-electron chi connectivity index (χ0n) is 17.1. The number of fused-ring (bicyclic) bond motifs is 7. The molecule has 0 radical (unpaired) electrons. The summed E-state index contributed by atoms with van der Waals surface area (Å²) in [6, 6.07) is 20.6.